The van der Waals surface area contributed by atoms with Gasteiger partial charge in [0.05, 0.1) is 17.3 Å². The van der Waals surface area contributed by atoms with E-state index in [1.165, 1.54) is 30.5 Å². The minimum Gasteiger partial charge on any atom is -0.494 e. The second-order valence-corrected chi connectivity index (χ2v) is 9.49. The van der Waals surface area contributed by atoms with Crippen molar-refractivity contribution in [2.75, 3.05) is 11.9 Å². The number of benzene rings is 3. The van der Waals surface area contributed by atoms with Crippen molar-refractivity contribution in [3.8, 4) is 5.75 Å². The third-order valence-electron chi connectivity index (χ3n) is 5.12. The lowest BCUT2D eigenvalue weighted by molar-refractivity contribution is -0.116. The predicted molar refractivity (Wildman–Crippen MR) is 125 cm³/mol. The summed E-state index contributed by atoms with van der Waals surface area (Å²) >= 11 is 0. The topological polar surface area (TPSA) is 77.4 Å². The van der Waals surface area contributed by atoms with Gasteiger partial charge in [0, 0.05) is 22.8 Å². The smallest absolute Gasteiger partial charge is 0.244 e. The fourth-order valence-corrected chi connectivity index (χ4v) is 5.21. The molecule has 33 heavy (non-hydrogen) atoms. The zero-order valence-electron chi connectivity index (χ0n) is 18.0. The maximum Gasteiger partial charge on any atom is 0.244 e. The molecule has 1 aromatic heterocycles. The molecule has 1 N–H and O–H groups in total. The zero-order chi connectivity index (χ0) is 23.4. The molecule has 0 aliphatic heterocycles. The summed E-state index contributed by atoms with van der Waals surface area (Å²) in [4.78, 5) is 12.8. The van der Waals surface area contributed by atoms with E-state index >= 15 is 0 Å². The molecule has 4 aromatic rings. The summed E-state index contributed by atoms with van der Waals surface area (Å²) < 4.78 is 46.5. The van der Waals surface area contributed by atoms with Crippen LogP contribution in [0.15, 0.2) is 83.9 Å². The summed E-state index contributed by atoms with van der Waals surface area (Å²) in [6, 6.07) is 19.4. The first-order valence-corrected chi connectivity index (χ1v) is 12.1. The molecule has 0 bridgehead atoms. The van der Waals surface area contributed by atoms with Gasteiger partial charge in [-0.05, 0) is 55.0 Å². The maximum atomic E-state index is 13.2. The van der Waals surface area contributed by atoms with Crippen LogP contribution in [0.3, 0.4) is 0 Å². The van der Waals surface area contributed by atoms with Crippen LogP contribution in [0.1, 0.15) is 12.5 Å². The van der Waals surface area contributed by atoms with Crippen LogP contribution in [0.2, 0.25) is 0 Å². The van der Waals surface area contributed by atoms with E-state index in [2.05, 4.69) is 5.32 Å². The number of carbonyl (C=O) groups is 1. The molecular weight excluding hydrogens is 443 g/mol. The monoisotopic (exact) mass is 466 g/mol. The van der Waals surface area contributed by atoms with Gasteiger partial charge in [0.1, 0.15) is 18.1 Å². The van der Waals surface area contributed by atoms with Crippen molar-refractivity contribution in [2.45, 2.75) is 24.1 Å². The highest BCUT2D eigenvalue weighted by Crippen LogP contribution is 2.28. The van der Waals surface area contributed by atoms with Gasteiger partial charge in [-0.25, -0.2) is 12.8 Å². The molecule has 0 atom stereocenters. The Morgan fingerprint density at radius 2 is 1.70 bits per heavy atom. The molecule has 0 aliphatic carbocycles. The van der Waals surface area contributed by atoms with Gasteiger partial charge in [0.15, 0.2) is 9.84 Å². The number of ether oxygens (including phenoxy) is 1. The Labute approximate surface area is 191 Å². The molecule has 0 aliphatic rings. The van der Waals surface area contributed by atoms with E-state index in [4.69, 9.17) is 4.74 Å². The van der Waals surface area contributed by atoms with Crippen molar-refractivity contribution in [3.63, 3.8) is 0 Å². The van der Waals surface area contributed by atoms with E-state index < -0.39 is 15.7 Å². The van der Waals surface area contributed by atoms with Crippen LogP contribution in [0, 0.1) is 5.82 Å². The molecule has 6 nitrogen and oxygen atoms in total. The van der Waals surface area contributed by atoms with Gasteiger partial charge in [0.25, 0.3) is 0 Å². The third kappa shape index (κ3) is 5.23. The van der Waals surface area contributed by atoms with Crippen LogP contribution in [-0.2, 0) is 26.9 Å². The molecule has 1 amide bonds. The van der Waals surface area contributed by atoms with Gasteiger partial charge < -0.3 is 14.6 Å². The fraction of sp³-hybridized carbons (Fsp3) is 0.160. The number of halogens is 1. The van der Waals surface area contributed by atoms with Crippen molar-refractivity contribution < 1.29 is 22.3 Å². The molecule has 4 rings (SSSR count). The van der Waals surface area contributed by atoms with Gasteiger partial charge in [0.2, 0.25) is 5.91 Å². The first kappa shape index (κ1) is 22.5. The normalized spacial score (nSPS) is 11.5. The van der Waals surface area contributed by atoms with E-state index in [9.17, 15) is 17.6 Å². The highest BCUT2D eigenvalue weighted by molar-refractivity contribution is 7.90. The lowest BCUT2D eigenvalue weighted by atomic mass is 10.2. The van der Waals surface area contributed by atoms with Crippen molar-refractivity contribution in [2.24, 2.45) is 0 Å². The van der Waals surface area contributed by atoms with E-state index in [0.29, 0.717) is 34.5 Å². The van der Waals surface area contributed by atoms with Crippen LogP contribution in [0.5, 0.6) is 5.75 Å². The van der Waals surface area contributed by atoms with Crippen molar-refractivity contribution in [1.82, 2.24) is 4.57 Å². The number of hydrogen-bond donors (Lipinski definition) is 1. The summed E-state index contributed by atoms with van der Waals surface area (Å²) in [6.45, 7) is 2.39. The second kappa shape index (κ2) is 9.46. The van der Waals surface area contributed by atoms with Gasteiger partial charge >= 0.3 is 0 Å². The summed E-state index contributed by atoms with van der Waals surface area (Å²) in [5.41, 5.74) is 1.74. The van der Waals surface area contributed by atoms with Crippen LogP contribution < -0.4 is 10.1 Å². The first-order chi connectivity index (χ1) is 15.9. The molecule has 3 aromatic carbocycles. The molecule has 8 heteroatoms. The number of hydrogen-bond acceptors (Lipinski definition) is 4. The number of amides is 1. The number of sulfone groups is 1. The summed E-state index contributed by atoms with van der Waals surface area (Å²) in [7, 11) is -3.73. The molecule has 0 radical (unpaired) electrons. The van der Waals surface area contributed by atoms with Gasteiger partial charge in [-0.15, -0.1) is 0 Å². The number of nitrogens with zero attached hydrogens (tertiary/aromatic N) is 1. The average Bonchev–Trinajstić information content (AvgIpc) is 3.16. The second-order valence-electron chi connectivity index (χ2n) is 7.53. The largest absolute Gasteiger partial charge is 0.494 e. The van der Waals surface area contributed by atoms with E-state index in [0.717, 1.165) is 0 Å². The minimum atomic E-state index is -3.73. The highest BCUT2D eigenvalue weighted by Gasteiger charge is 2.22. The number of para-hydroxylation sites is 1. The molecule has 170 valence electrons. The molecule has 0 saturated carbocycles. The lowest BCUT2D eigenvalue weighted by Crippen LogP contribution is -2.18. The SMILES string of the molecule is CCOc1ccc(NC(=O)Cn2cc(S(=O)(=O)Cc3ccc(F)cc3)c3ccccc32)cc1. The van der Waals surface area contributed by atoms with E-state index in [1.807, 2.05) is 6.92 Å². The third-order valence-corrected chi connectivity index (χ3v) is 6.83. The van der Waals surface area contributed by atoms with Crippen molar-refractivity contribution in [1.29, 1.82) is 0 Å². The number of carbonyl (C=O) groups excluding carboxylic acids is 1. The van der Waals surface area contributed by atoms with Crippen molar-refractivity contribution in [3.05, 3.63) is 90.4 Å². The fourth-order valence-electron chi connectivity index (χ4n) is 3.63. The Morgan fingerprint density at radius 3 is 2.39 bits per heavy atom. The van der Waals surface area contributed by atoms with Crippen LogP contribution in [-0.4, -0.2) is 25.5 Å². The summed E-state index contributed by atoms with van der Waals surface area (Å²) in [6.07, 6.45) is 1.49. The highest BCUT2D eigenvalue weighted by atomic mass is 32.2. The summed E-state index contributed by atoms with van der Waals surface area (Å²) in [5, 5.41) is 3.35. The van der Waals surface area contributed by atoms with Gasteiger partial charge in [-0.2, -0.15) is 0 Å². The van der Waals surface area contributed by atoms with Crippen LogP contribution in [0.4, 0.5) is 10.1 Å². The van der Waals surface area contributed by atoms with Gasteiger partial charge in [-0.3, -0.25) is 4.79 Å². The number of aromatic nitrogens is 1. The quantitative estimate of drug-likeness (QED) is 0.405. The van der Waals surface area contributed by atoms with E-state index in [1.54, 1.807) is 53.1 Å². The molecule has 0 fully saturated rings. The number of nitrogens with one attached hydrogen (secondary N) is 1. The maximum absolute atomic E-state index is 13.2. The van der Waals surface area contributed by atoms with Gasteiger partial charge in [-0.1, -0.05) is 30.3 Å². The zero-order valence-corrected chi connectivity index (χ0v) is 18.8. The number of fused-ring (bicyclic) bond motifs is 1. The first-order valence-electron chi connectivity index (χ1n) is 10.4. The number of rotatable bonds is 8. The van der Waals surface area contributed by atoms with Crippen LogP contribution >= 0.6 is 0 Å². The predicted octanol–water partition coefficient (Wildman–Crippen LogP) is 4.79. The molecular formula is C25H23FN2O4S. The Morgan fingerprint density at radius 1 is 1.00 bits per heavy atom. The van der Waals surface area contributed by atoms with Crippen molar-refractivity contribution >= 4 is 32.3 Å². The Bertz CT molecular complexity index is 1380. The Balaban J connectivity index is 1.57. The number of anilines is 1. The molecule has 0 spiro atoms. The molecule has 1 heterocycles. The molecule has 0 saturated heterocycles. The minimum absolute atomic E-state index is 0.0558. The van der Waals surface area contributed by atoms with Crippen LogP contribution in [0.25, 0.3) is 10.9 Å². The Kier molecular flexibility index (Phi) is 6.46. The lowest BCUT2D eigenvalue weighted by Gasteiger charge is -2.08. The average molecular weight is 467 g/mol. The summed E-state index contributed by atoms with van der Waals surface area (Å²) in [5.74, 6) is -0.267. The van der Waals surface area contributed by atoms with E-state index in [-0.39, 0.29) is 23.1 Å². The molecule has 0 unspecified atom stereocenters. The standard InChI is InChI=1S/C25H23FN2O4S/c1-2-32-21-13-11-20(12-14-21)27-25(29)16-28-15-24(22-5-3-4-6-23(22)28)33(30,31)17-18-7-9-19(26)10-8-18/h3-15H,2,16-17H2,1H3,(H,27,29). The Hall–Kier alpha value is -3.65.